The summed E-state index contributed by atoms with van der Waals surface area (Å²) in [5.41, 5.74) is 1.03. The van der Waals surface area contributed by atoms with Gasteiger partial charge in [0.2, 0.25) is 0 Å². The Morgan fingerprint density at radius 2 is 2.06 bits per heavy atom. The highest BCUT2D eigenvalue weighted by atomic mass is 35.5. The van der Waals surface area contributed by atoms with Gasteiger partial charge in [0.15, 0.2) is 0 Å². The molecule has 1 aliphatic rings. The minimum absolute atomic E-state index is 0.352. The molecule has 1 saturated heterocycles. The molecule has 0 amide bonds. The lowest BCUT2D eigenvalue weighted by Crippen LogP contribution is -2.39. The summed E-state index contributed by atoms with van der Waals surface area (Å²) < 4.78 is 5.70. The van der Waals surface area contributed by atoms with E-state index in [1.54, 1.807) is 0 Å². The maximum atomic E-state index is 6.20. The van der Waals surface area contributed by atoms with E-state index in [0.29, 0.717) is 6.10 Å². The maximum Gasteiger partial charge on any atom is 0.0702 e. The Morgan fingerprint density at radius 1 is 1.33 bits per heavy atom. The van der Waals surface area contributed by atoms with Crippen molar-refractivity contribution in [2.45, 2.75) is 32.4 Å². The van der Waals surface area contributed by atoms with Crippen molar-refractivity contribution in [2.24, 2.45) is 0 Å². The van der Waals surface area contributed by atoms with Crippen molar-refractivity contribution in [1.29, 1.82) is 0 Å². The van der Waals surface area contributed by atoms with Gasteiger partial charge in [-0.15, -0.1) is 0 Å². The van der Waals surface area contributed by atoms with Crippen molar-refractivity contribution in [1.82, 2.24) is 4.90 Å². The van der Waals surface area contributed by atoms with Crippen LogP contribution in [-0.4, -0.2) is 30.7 Å². The van der Waals surface area contributed by atoms with Crippen LogP contribution in [0.2, 0.25) is 10.0 Å². The highest BCUT2D eigenvalue weighted by molar-refractivity contribution is 6.35. The largest absolute Gasteiger partial charge is 0.377 e. The lowest BCUT2D eigenvalue weighted by molar-refractivity contribution is 0.00364. The molecule has 0 aromatic heterocycles. The van der Waals surface area contributed by atoms with Gasteiger partial charge in [-0.25, -0.2) is 0 Å². The van der Waals surface area contributed by atoms with Crippen LogP contribution in [0.3, 0.4) is 0 Å². The van der Waals surface area contributed by atoms with Gasteiger partial charge < -0.3 is 4.74 Å². The monoisotopic (exact) mass is 287 g/mol. The number of likely N-dealkylation sites (tertiary alicyclic amines) is 1. The number of hydrogen-bond acceptors (Lipinski definition) is 2. The first-order valence-corrected chi connectivity index (χ1v) is 7.23. The third kappa shape index (κ3) is 3.61. The molecule has 100 valence electrons. The number of ether oxygens (including phenoxy) is 1. The summed E-state index contributed by atoms with van der Waals surface area (Å²) in [5.74, 6) is 0. The second kappa shape index (κ2) is 6.76. The van der Waals surface area contributed by atoms with E-state index in [4.69, 9.17) is 27.9 Å². The molecule has 1 aliphatic heterocycles. The smallest absolute Gasteiger partial charge is 0.0702 e. The first kappa shape index (κ1) is 14.1. The van der Waals surface area contributed by atoms with E-state index in [2.05, 4.69) is 4.90 Å². The molecule has 0 saturated carbocycles. The van der Waals surface area contributed by atoms with Crippen LogP contribution in [0, 0.1) is 0 Å². The number of hydrogen-bond donors (Lipinski definition) is 0. The van der Waals surface area contributed by atoms with Gasteiger partial charge in [-0.05, 0) is 38.4 Å². The summed E-state index contributed by atoms with van der Waals surface area (Å²) in [6.07, 6.45) is 2.68. The lowest BCUT2D eigenvalue weighted by atomic mass is 10.1. The summed E-state index contributed by atoms with van der Waals surface area (Å²) in [6.45, 7) is 5.69. The van der Waals surface area contributed by atoms with Crippen LogP contribution in [0.1, 0.15) is 25.3 Å². The lowest BCUT2D eigenvalue weighted by Gasteiger charge is -2.32. The molecule has 1 fully saturated rings. The second-order valence-corrected chi connectivity index (χ2v) is 5.47. The molecule has 2 rings (SSSR count). The van der Waals surface area contributed by atoms with Crippen LogP contribution in [0.25, 0.3) is 0 Å². The Bertz CT molecular complexity index is 375. The fraction of sp³-hybridized carbons (Fsp3) is 0.571. The second-order valence-electron chi connectivity index (χ2n) is 4.65. The third-order valence-electron chi connectivity index (χ3n) is 3.31. The van der Waals surface area contributed by atoms with Crippen molar-refractivity contribution in [3.05, 3.63) is 33.8 Å². The van der Waals surface area contributed by atoms with E-state index in [9.17, 15) is 0 Å². The molecule has 0 bridgehead atoms. The van der Waals surface area contributed by atoms with Crippen molar-refractivity contribution < 1.29 is 4.74 Å². The van der Waals surface area contributed by atoms with Crippen LogP contribution < -0.4 is 0 Å². The number of nitrogens with zero attached hydrogens (tertiary/aromatic N) is 1. The molecular weight excluding hydrogens is 269 g/mol. The predicted molar refractivity (Wildman–Crippen MR) is 76.4 cm³/mol. The molecule has 4 heteroatoms. The quantitative estimate of drug-likeness (QED) is 0.830. The normalized spacial score (nSPS) is 21.2. The molecular formula is C14H19Cl2NO. The Kier molecular flexibility index (Phi) is 5.31. The first-order chi connectivity index (χ1) is 8.70. The van der Waals surface area contributed by atoms with Gasteiger partial charge in [-0.3, -0.25) is 4.90 Å². The SMILES string of the molecule is CCO[C@@H]1CCCN(Cc2c(Cl)cccc2Cl)C1. The Labute approximate surface area is 119 Å². The molecule has 0 spiro atoms. The molecule has 0 N–H and O–H groups in total. The van der Waals surface area contributed by atoms with Crippen LogP contribution in [0.5, 0.6) is 0 Å². The molecule has 1 heterocycles. The number of piperidine rings is 1. The molecule has 18 heavy (non-hydrogen) atoms. The highest BCUT2D eigenvalue weighted by Crippen LogP contribution is 2.27. The molecule has 1 aromatic rings. The van der Waals surface area contributed by atoms with E-state index in [0.717, 1.165) is 48.3 Å². The Balaban J connectivity index is 2.00. The fourth-order valence-corrected chi connectivity index (χ4v) is 2.95. The van der Waals surface area contributed by atoms with Crippen molar-refractivity contribution in [2.75, 3.05) is 19.7 Å². The van der Waals surface area contributed by atoms with Crippen LogP contribution in [0.15, 0.2) is 18.2 Å². The predicted octanol–water partition coefficient (Wildman–Crippen LogP) is 3.99. The zero-order chi connectivity index (χ0) is 13.0. The highest BCUT2D eigenvalue weighted by Gasteiger charge is 2.21. The van der Waals surface area contributed by atoms with Gasteiger partial charge in [0.25, 0.3) is 0 Å². The zero-order valence-electron chi connectivity index (χ0n) is 10.7. The number of rotatable bonds is 4. The van der Waals surface area contributed by atoms with Crippen molar-refractivity contribution in [3.63, 3.8) is 0 Å². The summed E-state index contributed by atoms with van der Waals surface area (Å²) in [5, 5.41) is 1.50. The first-order valence-electron chi connectivity index (χ1n) is 6.47. The Hall–Kier alpha value is -0.280. The van der Waals surface area contributed by atoms with Crippen LogP contribution in [0.4, 0.5) is 0 Å². The summed E-state index contributed by atoms with van der Waals surface area (Å²) in [4.78, 5) is 2.37. The maximum absolute atomic E-state index is 6.20. The molecule has 2 nitrogen and oxygen atoms in total. The zero-order valence-corrected chi connectivity index (χ0v) is 12.2. The molecule has 1 atom stereocenters. The Morgan fingerprint density at radius 3 is 2.72 bits per heavy atom. The van der Waals surface area contributed by atoms with E-state index >= 15 is 0 Å². The third-order valence-corrected chi connectivity index (χ3v) is 4.02. The van der Waals surface area contributed by atoms with E-state index in [1.165, 1.54) is 6.42 Å². The van der Waals surface area contributed by atoms with E-state index < -0.39 is 0 Å². The minimum atomic E-state index is 0.352. The molecule has 0 aliphatic carbocycles. The summed E-state index contributed by atoms with van der Waals surface area (Å²) in [7, 11) is 0. The van der Waals surface area contributed by atoms with Gasteiger partial charge in [0.05, 0.1) is 6.10 Å². The standard InChI is InChI=1S/C14H19Cl2NO/c1-2-18-11-5-4-8-17(9-11)10-12-13(15)6-3-7-14(12)16/h3,6-7,11H,2,4-5,8-10H2,1H3/t11-/m1/s1. The fourth-order valence-electron chi connectivity index (χ4n) is 2.44. The van der Waals surface area contributed by atoms with E-state index in [-0.39, 0.29) is 0 Å². The molecule has 1 aromatic carbocycles. The minimum Gasteiger partial charge on any atom is -0.377 e. The van der Waals surface area contributed by atoms with Crippen molar-refractivity contribution >= 4 is 23.2 Å². The number of benzene rings is 1. The number of halogens is 2. The van der Waals surface area contributed by atoms with Crippen LogP contribution >= 0.6 is 23.2 Å². The topological polar surface area (TPSA) is 12.5 Å². The average molecular weight is 288 g/mol. The summed E-state index contributed by atoms with van der Waals surface area (Å²) in [6, 6.07) is 5.67. The summed E-state index contributed by atoms with van der Waals surface area (Å²) >= 11 is 12.4. The van der Waals surface area contributed by atoms with Gasteiger partial charge in [0.1, 0.15) is 0 Å². The van der Waals surface area contributed by atoms with E-state index in [1.807, 2.05) is 25.1 Å². The molecule has 0 unspecified atom stereocenters. The van der Waals surface area contributed by atoms with Crippen molar-refractivity contribution in [3.8, 4) is 0 Å². The average Bonchev–Trinajstić information content (AvgIpc) is 2.35. The van der Waals surface area contributed by atoms with Crippen LogP contribution in [-0.2, 0) is 11.3 Å². The molecule has 0 radical (unpaired) electrons. The van der Waals surface area contributed by atoms with Gasteiger partial charge in [-0.1, -0.05) is 29.3 Å². The van der Waals surface area contributed by atoms with Gasteiger partial charge >= 0.3 is 0 Å². The van der Waals surface area contributed by atoms with Gasteiger partial charge in [0, 0.05) is 35.3 Å². The van der Waals surface area contributed by atoms with Gasteiger partial charge in [-0.2, -0.15) is 0 Å².